The van der Waals surface area contributed by atoms with Crippen LogP contribution in [0.5, 0.6) is 0 Å². The topological polar surface area (TPSA) is 86.8 Å². The summed E-state index contributed by atoms with van der Waals surface area (Å²) < 4.78 is 51.3. The molecule has 1 aliphatic rings. The van der Waals surface area contributed by atoms with Crippen LogP contribution in [0.25, 0.3) is 0 Å². The average molecular weight is 368 g/mol. The lowest BCUT2D eigenvalue weighted by molar-refractivity contribution is 0.192. The number of nitrogens with zero attached hydrogens (tertiary/aromatic N) is 2. The second-order valence-corrected chi connectivity index (χ2v) is 10.5. The zero-order valence-corrected chi connectivity index (χ0v) is 15.1. The molecule has 0 amide bonds. The first kappa shape index (κ1) is 17.8. The zero-order chi connectivity index (χ0) is 16.4. The predicted molar refractivity (Wildman–Crippen MR) is 87.1 cm³/mol. The monoisotopic (exact) mass is 367 g/mol. The molecule has 22 heavy (non-hydrogen) atoms. The minimum Gasteiger partial charge on any atom is -0.299 e. The Morgan fingerprint density at radius 3 is 2.27 bits per heavy atom. The third-order valence-electron chi connectivity index (χ3n) is 3.50. The van der Waals surface area contributed by atoms with E-state index in [2.05, 4.69) is 9.62 Å². The molecule has 7 nitrogen and oxygen atoms in total. The average Bonchev–Trinajstić information content (AvgIpc) is 2.86. The van der Waals surface area contributed by atoms with Crippen molar-refractivity contribution in [2.45, 2.75) is 11.1 Å². The van der Waals surface area contributed by atoms with Crippen LogP contribution < -0.4 is 4.72 Å². The van der Waals surface area contributed by atoms with Crippen molar-refractivity contribution < 1.29 is 16.8 Å². The van der Waals surface area contributed by atoms with Gasteiger partial charge in [0, 0.05) is 44.1 Å². The molecule has 1 saturated heterocycles. The van der Waals surface area contributed by atoms with Crippen LogP contribution in [0, 0.1) is 6.92 Å². The van der Waals surface area contributed by atoms with Crippen LogP contribution in [0.1, 0.15) is 4.88 Å². The van der Waals surface area contributed by atoms with Gasteiger partial charge in [0.05, 0.1) is 6.26 Å². The van der Waals surface area contributed by atoms with Crippen molar-refractivity contribution in [2.24, 2.45) is 0 Å². The number of thiophene rings is 1. The van der Waals surface area contributed by atoms with E-state index in [1.807, 2.05) is 6.92 Å². The van der Waals surface area contributed by atoms with Crippen LogP contribution in [0.4, 0.5) is 0 Å². The molecule has 0 aliphatic carbocycles. The number of nitrogens with one attached hydrogen (secondary N) is 1. The number of rotatable bonds is 6. The molecule has 0 atom stereocenters. The molecule has 0 aromatic carbocycles. The van der Waals surface area contributed by atoms with E-state index in [1.165, 1.54) is 21.9 Å². The maximum absolute atomic E-state index is 12.1. The first-order valence-electron chi connectivity index (χ1n) is 6.92. The van der Waals surface area contributed by atoms with E-state index in [4.69, 9.17) is 0 Å². The Balaban J connectivity index is 1.78. The van der Waals surface area contributed by atoms with Crippen LogP contribution >= 0.6 is 11.3 Å². The Kier molecular flexibility index (Phi) is 5.62. The third kappa shape index (κ3) is 4.74. The molecule has 1 N–H and O–H groups in total. The molecular weight excluding hydrogens is 346 g/mol. The number of aryl methyl sites for hydroxylation is 1. The molecule has 1 aromatic heterocycles. The highest BCUT2D eigenvalue weighted by molar-refractivity contribution is 7.91. The molecule has 0 unspecified atom stereocenters. The van der Waals surface area contributed by atoms with Gasteiger partial charge in [0.15, 0.2) is 0 Å². The molecule has 0 spiro atoms. The predicted octanol–water partition coefficient (Wildman–Crippen LogP) is -0.0880. The van der Waals surface area contributed by atoms with Crippen molar-refractivity contribution in [2.75, 3.05) is 45.5 Å². The lowest BCUT2D eigenvalue weighted by Gasteiger charge is -2.33. The molecule has 2 rings (SSSR count). The summed E-state index contributed by atoms with van der Waals surface area (Å²) >= 11 is 1.25. The van der Waals surface area contributed by atoms with Crippen molar-refractivity contribution in [3.05, 3.63) is 17.0 Å². The van der Waals surface area contributed by atoms with Gasteiger partial charge in [-0.2, -0.15) is 4.31 Å². The minimum atomic E-state index is -3.44. The fourth-order valence-corrected chi connectivity index (χ4v) is 5.43. The number of sulfonamides is 2. The molecule has 1 fully saturated rings. The summed E-state index contributed by atoms with van der Waals surface area (Å²) in [6.07, 6.45) is 1.21. The molecule has 2 heterocycles. The molecule has 1 aromatic rings. The molecule has 0 bridgehead atoms. The number of hydrogen-bond acceptors (Lipinski definition) is 6. The quantitative estimate of drug-likeness (QED) is 0.759. The van der Waals surface area contributed by atoms with Crippen LogP contribution in [-0.2, 0) is 20.0 Å². The normalized spacial score (nSPS) is 18.6. The molecule has 1 aliphatic heterocycles. The number of hydrogen-bond donors (Lipinski definition) is 1. The molecule has 10 heteroatoms. The Labute approximate surface area is 136 Å². The van der Waals surface area contributed by atoms with Gasteiger partial charge < -0.3 is 0 Å². The largest absolute Gasteiger partial charge is 0.299 e. The van der Waals surface area contributed by atoms with Crippen LogP contribution in [-0.4, -0.2) is 71.6 Å². The summed E-state index contributed by atoms with van der Waals surface area (Å²) in [6.45, 7) is 4.90. The van der Waals surface area contributed by atoms with Crippen molar-refractivity contribution in [1.29, 1.82) is 0 Å². The third-order valence-corrected chi connectivity index (χ3v) is 7.76. The van der Waals surface area contributed by atoms with Gasteiger partial charge in [0.25, 0.3) is 0 Å². The SMILES string of the molecule is Cc1ccc(S(=O)(=O)NCCN2CCN(S(C)(=O)=O)CC2)s1. The zero-order valence-electron chi connectivity index (χ0n) is 12.6. The van der Waals surface area contributed by atoms with Crippen molar-refractivity contribution in [3.8, 4) is 0 Å². The highest BCUT2D eigenvalue weighted by Crippen LogP contribution is 2.20. The van der Waals surface area contributed by atoms with Gasteiger partial charge in [0.2, 0.25) is 20.0 Å². The van der Waals surface area contributed by atoms with E-state index >= 15 is 0 Å². The van der Waals surface area contributed by atoms with E-state index in [0.29, 0.717) is 43.5 Å². The summed E-state index contributed by atoms with van der Waals surface area (Å²) in [6, 6.07) is 3.39. The van der Waals surface area contributed by atoms with Crippen LogP contribution in [0.3, 0.4) is 0 Å². The summed E-state index contributed by atoms with van der Waals surface area (Å²) in [5, 5.41) is 0. The van der Waals surface area contributed by atoms with E-state index in [9.17, 15) is 16.8 Å². The molecule has 0 saturated carbocycles. The van der Waals surface area contributed by atoms with E-state index in [1.54, 1.807) is 12.1 Å². The first-order chi connectivity index (χ1) is 10.2. The van der Waals surface area contributed by atoms with Gasteiger partial charge in [0.1, 0.15) is 4.21 Å². The standard InChI is InChI=1S/C12H21N3O4S3/c1-11-3-4-12(20-11)22(18,19)13-5-6-14-7-9-15(10-8-14)21(2,16)17/h3-4,13H,5-10H2,1-2H3. The van der Waals surface area contributed by atoms with E-state index in [-0.39, 0.29) is 0 Å². The maximum atomic E-state index is 12.1. The van der Waals surface area contributed by atoms with E-state index < -0.39 is 20.0 Å². The Morgan fingerprint density at radius 2 is 1.77 bits per heavy atom. The fraction of sp³-hybridized carbons (Fsp3) is 0.667. The van der Waals surface area contributed by atoms with Gasteiger partial charge in [-0.1, -0.05) is 0 Å². The maximum Gasteiger partial charge on any atom is 0.250 e. The lowest BCUT2D eigenvalue weighted by atomic mass is 10.3. The van der Waals surface area contributed by atoms with Gasteiger partial charge >= 0.3 is 0 Å². The summed E-state index contributed by atoms with van der Waals surface area (Å²) in [5.74, 6) is 0. The van der Waals surface area contributed by atoms with Gasteiger partial charge in [-0.05, 0) is 19.1 Å². The number of piperazine rings is 1. The second-order valence-electron chi connectivity index (χ2n) is 5.27. The van der Waals surface area contributed by atoms with E-state index in [0.717, 1.165) is 4.88 Å². The van der Waals surface area contributed by atoms with Crippen molar-refractivity contribution in [3.63, 3.8) is 0 Å². The smallest absolute Gasteiger partial charge is 0.250 e. The van der Waals surface area contributed by atoms with Crippen molar-refractivity contribution in [1.82, 2.24) is 13.9 Å². The molecule has 126 valence electrons. The van der Waals surface area contributed by atoms with Crippen molar-refractivity contribution >= 4 is 31.4 Å². The highest BCUT2D eigenvalue weighted by Gasteiger charge is 2.23. The summed E-state index contributed by atoms with van der Waals surface area (Å²) in [7, 11) is -6.57. The lowest BCUT2D eigenvalue weighted by Crippen LogP contribution is -2.49. The van der Waals surface area contributed by atoms with Crippen LogP contribution in [0.15, 0.2) is 16.3 Å². The Hall–Kier alpha value is -0.520. The molecular formula is C12H21N3O4S3. The summed E-state index contributed by atoms with van der Waals surface area (Å²) in [4.78, 5) is 3.02. The Bertz CT molecular complexity index is 704. The highest BCUT2D eigenvalue weighted by atomic mass is 32.2. The van der Waals surface area contributed by atoms with Crippen LogP contribution in [0.2, 0.25) is 0 Å². The van der Waals surface area contributed by atoms with Gasteiger partial charge in [-0.3, -0.25) is 4.90 Å². The summed E-state index contributed by atoms with van der Waals surface area (Å²) in [5.41, 5.74) is 0. The fourth-order valence-electron chi connectivity index (χ4n) is 2.25. The first-order valence-corrected chi connectivity index (χ1v) is 11.1. The minimum absolute atomic E-state index is 0.318. The van der Waals surface area contributed by atoms with Gasteiger partial charge in [-0.25, -0.2) is 21.6 Å². The molecule has 0 radical (unpaired) electrons. The van der Waals surface area contributed by atoms with Gasteiger partial charge in [-0.15, -0.1) is 11.3 Å². The second kappa shape index (κ2) is 6.93. The Morgan fingerprint density at radius 1 is 1.14 bits per heavy atom.